The summed E-state index contributed by atoms with van der Waals surface area (Å²) in [5.41, 5.74) is 1.55. The largest absolute Gasteiger partial charge is 0.314 e. The molecule has 0 aromatic heterocycles. The van der Waals surface area contributed by atoms with Gasteiger partial charge in [-0.25, -0.2) is 13.2 Å². The summed E-state index contributed by atoms with van der Waals surface area (Å²) in [6.07, 6.45) is -2.56. The number of alkyl halides is 2. The molecule has 0 saturated carbocycles. The molecule has 1 aliphatic rings. The first-order chi connectivity index (χ1) is 9.08. The van der Waals surface area contributed by atoms with Crippen molar-refractivity contribution in [3.8, 4) is 0 Å². The number of benzene rings is 1. The van der Waals surface area contributed by atoms with E-state index in [1.165, 1.54) is 12.1 Å². The first-order valence-corrected chi connectivity index (χ1v) is 6.57. The topological polar surface area (TPSA) is 15.3 Å². The van der Waals surface area contributed by atoms with Crippen LogP contribution in [0.5, 0.6) is 0 Å². The Labute approximate surface area is 123 Å². The second kappa shape index (κ2) is 7.86. The van der Waals surface area contributed by atoms with Gasteiger partial charge in [-0.3, -0.25) is 4.90 Å². The van der Waals surface area contributed by atoms with Gasteiger partial charge in [0.05, 0.1) is 0 Å². The van der Waals surface area contributed by atoms with E-state index in [1.54, 1.807) is 13.0 Å². The molecule has 1 N–H and O–H groups in total. The summed E-state index contributed by atoms with van der Waals surface area (Å²) in [6.45, 7) is 4.88. The van der Waals surface area contributed by atoms with Crippen molar-refractivity contribution in [2.75, 3.05) is 26.2 Å². The minimum Gasteiger partial charge on any atom is -0.314 e. The Bertz CT molecular complexity index is 423. The van der Waals surface area contributed by atoms with Crippen LogP contribution >= 0.6 is 12.4 Å². The van der Waals surface area contributed by atoms with Gasteiger partial charge in [-0.2, -0.15) is 0 Å². The van der Waals surface area contributed by atoms with Gasteiger partial charge < -0.3 is 5.32 Å². The van der Waals surface area contributed by atoms with Crippen molar-refractivity contribution >= 4 is 12.4 Å². The zero-order chi connectivity index (χ0) is 13.8. The van der Waals surface area contributed by atoms with Crippen LogP contribution in [-0.4, -0.2) is 37.5 Å². The van der Waals surface area contributed by atoms with E-state index >= 15 is 0 Å². The third kappa shape index (κ3) is 4.36. The molecule has 0 amide bonds. The number of halogens is 4. The Balaban J connectivity index is 0.00000200. The molecule has 1 aromatic carbocycles. The summed E-state index contributed by atoms with van der Waals surface area (Å²) >= 11 is 0. The summed E-state index contributed by atoms with van der Waals surface area (Å²) in [5.74, 6) is -0.322. The molecule has 1 aliphatic heterocycles. The van der Waals surface area contributed by atoms with E-state index < -0.39 is 6.43 Å². The number of nitrogens with zero attached hydrogens (tertiary/aromatic N) is 1. The number of nitrogens with one attached hydrogen (secondary N) is 1. The number of aryl methyl sites for hydroxylation is 1. The monoisotopic (exact) mass is 308 g/mol. The Kier molecular flexibility index (Phi) is 6.79. The van der Waals surface area contributed by atoms with E-state index in [9.17, 15) is 13.2 Å². The van der Waals surface area contributed by atoms with E-state index in [2.05, 4.69) is 10.2 Å². The summed E-state index contributed by atoms with van der Waals surface area (Å²) in [7, 11) is 0. The lowest BCUT2D eigenvalue weighted by Crippen LogP contribution is -2.45. The van der Waals surface area contributed by atoms with Gasteiger partial charge in [-0.15, -0.1) is 12.4 Å². The summed E-state index contributed by atoms with van der Waals surface area (Å²) in [4.78, 5) is 2.06. The van der Waals surface area contributed by atoms with Crippen LogP contribution in [0, 0.1) is 12.7 Å². The smallest absolute Gasteiger partial charge is 0.240 e. The van der Waals surface area contributed by atoms with Crippen molar-refractivity contribution in [3.05, 3.63) is 35.1 Å². The maximum Gasteiger partial charge on any atom is 0.240 e. The fourth-order valence-electron chi connectivity index (χ4n) is 2.65. The summed E-state index contributed by atoms with van der Waals surface area (Å²) in [5, 5.41) is 3.21. The van der Waals surface area contributed by atoms with Crippen molar-refractivity contribution < 1.29 is 13.2 Å². The Morgan fingerprint density at radius 3 is 2.45 bits per heavy atom. The molecule has 1 heterocycles. The van der Waals surface area contributed by atoms with Gasteiger partial charge in [0.25, 0.3) is 0 Å². The molecule has 2 rings (SSSR count). The molecule has 20 heavy (non-hydrogen) atoms. The highest BCUT2D eigenvalue weighted by Crippen LogP contribution is 2.30. The zero-order valence-electron chi connectivity index (χ0n) is 11.4. The minimum absolute atomic E-state index is 0. The molecule has 0 aliphatic carbocycles. The summed E-state index contributed by atoms with van der Waals surface area (Å²) in [6, 6.07) is 4.07. The summed E-state index contributed by atoms with van der Waals surface area (Å²) < 4.78 is 38.8. The maximum atomic E-state index is 13.1. The second-order valence-corrected chi connectivity index (χ2v) is 4.93. The first-order valence-electron chi connectivity index (χ1n) is 6.57. The molecule has 2 nitrogen and oxygen atoms in total. The second-order valence-electron chi connectivity index (χ2n) is 4.93. The van der Waals surface area contributed by atoms with Crippen LogP contribution in [0.2, 0.25) is 0 Å². The predicted molar refractivity (Wildman–Crippen MR) is 76.2 cm³/mol. The molecule has 1 atom stereocenters. The van der Waals surface area contributed by atoms with Crippen LogP contribution in [-0.2, 0) is 0 Å². The molecule has 0 radical (unpaired) electrons. The van der Waals surface area contributed by atoms with Gasteiger partial charge in [0.1, 0.15) is 5.82 Å². The highest BCUT2D eigenvalue weighted by molar-refractivity contribution is 5.85. The Morgan fingerprint density at radius 1 is 1.25 bits per heavy atom. The van der Waals surface area contributed by atoms with E-state index in [1.807, 2.05) is 0 Å². The standard InChI is InChI=1S/C14H19F3N2.ClH/c1-10-8-11(15)2-3-12(10)13(9-14(16)17)19-6-4-18-5-7-19;/h2-3,8,13-14,18H,4-7,9H2,1H3;1H/t13-;/m0./s1. The van der Waals surface area contributed by atoms with Crippen molar-refractivity contribution in [1.29, 1.82) is 0 Å². The lowest BCUT2D eigenvalue weighted by atomic mass is 9.96. The third-order valence-corrected chi connectivity index (χ3v) is 3.58. The van der Waals surface area contributed by atoms with Gasteiger partial charge in [0.2, 0.25) is 6.43 Å². The van der Waals surface area contributed by atoms with Crippen LogP contribution in [0.3, 0.4) is 0 Å². The molecule has 1 fully saturated rings. The van der Waals surface area contributed by atoms with E-state index in [0.717, 1.165) is 37.3 Å². The normalized spacial score (nSPS) is 17.9. The number of hydrogen-bond donors (Lipinski definition) is 1. The Morgan fingerprint density at radius 2 is 1.90 bits per heavy atom. The molecule has 1 aromatic rings. The molecule has 0 unspecified atom stereocenters. The van der Waals surface area contributed by atoms with Crippen LogP contribution in [0.4, 0.5) is 13.2 Å². The van der Waals surface area contributed by atoms with Crippen LogP contribution in [0.25, 0.3) is 0 Å². The lowest BCUT2D eigenvalue weighted by molar-refractivity contribution is 0.0736. The van der Waals surface area contributed by atoms with Crippen LogP contribution in [0.15, 0.2) is 18.2 Å². The molecule has 114 valence electrons. The van der Waals surface area contributed by atoms with Gasteiger partial charge in [-0.1, -0.05) is 6.07 Å². The number of piperazine rings is 1. The Hall–Kier alpha value is -0.780. The average molecular weight is 309 g/mol. The average Bonchev–Trinajstić information content (AvgIpc) is 2.37. The van der Waals surface area contributed by atoms with E-state index in [-0.39, 0.29) is 30.7 Å². The predicted octanol–water partition coefficient (Wildman–Crippen LogP) is 3.16. The van der Waals surface area contributed by atoms with E-state index in [0.29, 0.717) is 0 Å². The minimum atomic E-state index is -2.36. The lowest BCUT2D eigenvalue weighted by Gasteiger charge is -2.35. The van der Waals surface area contributed by atoms with Gasteiger partial charge in [0.15, 0.2) is 0 Å². The van der Waals surface area contributed by atoms with Gasteiger partial charge in [0, 0.05) is 38.6 Å². The highest BCUT2D eigenvalue weighted by Gasteiger charge is 2.26. The third-order valence-electron chi connectivity index (χ3n) is 3.58. The highest BCUT2D eigenvalue weighted by atomic mass is 35.5. The van der Waals surface area contributed by atoms with Crippen molar-refractivity contribution in [2.45, 2.75) is 25.8 Å². The molecular formula is C14H20ClF3N2. The van der Waals surface area contributed by atoms with Crippen molar-refractivity contribution in [1.82, 2.24) is 10.2 Å². The zero-order valence-corrected chi connectivity index (χ0v) is 12.2. The fraction of sp³-hybridized carbons (Fsp3) is 0.571. The number of rotatable bonds is 4. The molecule has 6 heteroatoms. The maximum absolute atomic E-state index is 13.1. The molecule has 0 spiro atoms. The van der Waals surface area contributed by atoms with Crippen LogP contribution < -0.4 is 5.32 Å². The fourth-order valence-corrected chi connectivity index (χ4v) is 2.65. The van der Waals surface area contributed by atoms with Crippen molar-refractivity contribution in [3.63, 3.8) is 0 Å². The molecule has 0 bridgehead atoms. The van der Waals surface area contributed by atoms with Crippen LogP contribution in [0.1, 0.15) is 23.6 Å². The first kappa shape index (κ1) is 17.3. The quantitative estimate of drug-likeness (QED) is 0.919. The van der Waals surface area contributed by atoms with Gasteiger partial charge >= 0.3 is 0 Å². The molecule has 1 saturated heterocycles. The van der Waals surface area contributed by atoms with Crippen molar-refractivity contribution in [2.24, 2.45) is 0 Å². The SMILES string of the molecule is Cc1cc(F)ccc1[C@H](CC(F)F)N1CCNCC1.Cl. The van der Waals surface area contributed by atoms with Gasteiger partial charge in [-0.05, 0) is 30.2 Å². The van der Waals surface area contributed by atoms with E-state index in [4.69, 9.17) is 0 Å². The number of hydrogen-bond acceptors (Lipinski definition) is 2. The molecular weight excluding hydrogens is 289 g/mol.